The van der Waals surface area contributed by atoms with E-state index in [0.717, 1.165) is 18.4 Å². The Morgan fingerprint density at radius 1 is 1.14 bits per heavy atom. The van der Waals surface area contributed by atoms with E-state index >= 15 is 0 Å². The van der Waals surface area contributed by atoms with E-state index in [-0.39, 0.29) is 23.2 Å². The van der Waals surface area contributed by atoms with Crippen molar-refractivity contribution in [3.8, 4) is 16.9 Å². The SMILES string of the molecule is CC(=NNC(=O)C1CC1)c1c(-c2ccccc2)[nH]n(-c2ccc(F)cc2)c1=O. The molecule has 142 valence electrons. The van der Waals surface area contributed by atoms with Gasteiger partial charge in [0.15, 0.2) is 0 Å². The van der Waals surface area contributed by atoms with E-state index in [1.807, 2.05) is 30.3 Å². The van der Waals surface area contributed by atoms with Gasteiger partial charge in [-0.2, -0.15) is 5.10 Å². The summed E-state index contributed by atoms with van der Waals surface area (Å²) in [4.78, 5) is 25.0. The highest BCUT2D eigenvalue weighted by molar-refractivity contribution is 6.04. The zero-order valence-electron chi connectivity index (χ0n) is 15.3. The summed E-state index contributed by atoms with van der Waals surface area (Å²) in [5.41, 5.74) is 4.86. The summed E-state index contributed by atoms with van der Waals surface area (Å²) < 4.78 is 14.6. The number of rotatable bonds is 5. The molecule has 1 aliphatic rings. The van der Waals surface area contributed by atoms with Gasteiger partial charge in [0.05, 0.1) is 22.7 Å². The van der Waals surface area contributed by atoms with Crippen molar-refractivity contribution < 1.29 is 9.18 Å². The summed E-state index contributed by atoms with van der Waals surface area (Å²) in [7, 11) is 0. The summed E-state index contributed by atoms with van der Waals surface area (Å²) in [5.74, 6) is -0.491. The molecular weight excluding hydrogens is 359 g/mol. The molecule has 6 nitrogen and oxygen atoms in total. The summed E-state index contributed by atoms with van der Waals surface area (Å²) in [6.45, 7) is 1.68. The van der Waals surface area contributed by atoms with Crippen LogP contribution in [0.2, 0.25) is 0 Å². The maximum Gasteiger partial charge on any atom is 0.281 e. The highest BCUT2D eigenvalue weighted by Crippen LogP contribution is 2.28. The summed E-state index contributed by atoms with van der Waals surface area (Å²) in [5, 5.41) is 7.24. The van der Waals surface area contributed by atoms with Crippen molar-refractivity contribution in [2.45, 2.75) is 19.8 Å². The van der Waals surface area contributed by atoms with Crippen molar-refractivity contribution in [3.05, 3.63) is 76.3 Å². The predicted octanol–water partition coefficient (Wildman–Crippen LogP) is 3.22. The Bertz CT molecular complexity index is 1090. The third-order valence-electron chi connectivity index (χ3n) is 4.68. The first-order chi connectivity index (χ1) is 13.5. The number of hydrogen-bond donors (Lipinski definition) is 2. The summed E-state index contributed by atoms with van der Waals surface area (Å²) in [6, 6.07) is 15.0. The Kier molecular flexibility index (Phi) is 4.65. The van der Waals surface area contributed by atoms with Crippen molar-refractivity contribution in [3.63, 3.8) is 0 Å². The zero-order chi connectivity index (χ0) is 19.7. The van der Waals surface area contributed by atoms with Gasteiger partial charge < -0.3 is 0 Å². The second-order valence-electron chi connectivity index (χ2n) is 6.79. The van der Waals surface area contributed by atoms with E-state index in [1.165, 1.54) is 28.9 Å². The van der Waals surface area contributed by atoms with Crippen LogP contribution in [0.3, 0.4) is 0 Å². The number of nitrogens with zero attached hydrogens (tertiary/aromatic N) is 2. The minimum absolute atomic E-state index is 0.0206. The third-order valence-corrected chi connectivity index (χ3v) is 4.68. The molecule has 1 saturated carbocycles. The number of amides is 1. The van der Waals surface area contributed by atoms with Crippen molar-refractivity contribution in [1.82, 2.24) is 15.2 Å². The minimum Gasteiger partial charge on any atom is -0.290 e. The van der Waals surface area contributed by atoms with E-state index in [0.29, 0.717) is 22.7 Å². The van der Waals surface area contributed by atoms with Gasteiger partial charge in [0.2, 0.25) is 5.91 Å². The van der Waals surface area contributed by atoms with Crippen LogP contribution in [-0.2, 0) is 4.79 Å². The van der Waals surface area contributed by atoms with E-state index < -0.39 is 0 Å². The van der Waals surface area contributed by atoms with Crippen LogP contribution in [0.15, 0.2) is 64.5 Å². The number of aromatic nitrogens is 2. The minimum atomic E-state index is -0.382. The first-order valence-electron chi connectivity index (χ1n) is 9.05. The maximum atomic E-state index is 13.3. The van der Waals surface area contributed by atoms with Gasteiger partial charge in [-0.05, 0) is 44.0 Å². The molecule has 4 rings (SSSR count). The lowest BCUT2D eigenvalue weighted by molar-refractivity contribution is -0.122. The van der Waals surface area contributed by atoms with Crippen LogP contribution >= 0.6 is 0 Å². The average molecular weight is 378 g/mol. The molecule has 3 aromatic rings. The van der Waals surface area contributed by atoms with Crippen molar-refractivity contribution in [2.75, 3.05) is 0 Å². The first kappa shape index (κ1) is 17.9. The Morgan fingerprint density at radius 3 is 2.46 bits per heavy atom. The van der Waals surface area contributed by atoms with Crippen molar-refractivity contribution in [1.29, 1.82) is 0 Å². The zero-order valence-corrected chi connectivity index (χ0v) is 15.3. The highest BCUT2D eigenvalue weighted by Gasteiger charge is 2.29. The number of hydrazone groups is 1. The Balaban J connectivity index is 1.80. The Labute approximate surface area is 160 Å². The molecule has 1 aromatic heterocycles. The van der Waals surface area contributed by atoms with Crippen LogP contribution < -0.4 is 11.0 Å². The van der Waals surface area contributed by atoms with Gasteiger partial charge in [-0.15, -0.1) is 0 Å². The molecule has 0 unspecified atom stereocenters. The standard InChI is InChI=1S/C21H19FN4O2/c1-13(23-24-20(27)15-7-8-15)18-19(14-5-3-2-4-6-14)25-26(21(18)28)17-11-9-16(22)10-12-17/h2-6,9-12,15,25H,7-8H2,1H3,(H,24,27). The fourth-order valence-electron chi connectivity index (χ4n) is 2.99. The van der Waals surface area contributed by atoms with Gasteiger partial charge in [-0.25, -0.2) is 14.5 Å². The number of carbonyl (C=O) groups excluding carboxylic acids is 1. The molecule has 2 N–H and O–H groups in total. The van der Waals surface area contributed by atoms with Crippen LogP contribution in [0.4, 0.5) is 4.39 Å². The van der Waals surface area contributed by atoms with Crippen LogP contribution in [0.5, 0.6) is 0 Å². The van der Waals surface area contributed by atoms with Crippen LogP contribution in [-0.4, -0.2) is 21.4 Å². The van der Waals surface area contributed by atoms with Gasteiger partial charge in [-0.1, -0.05) is 30.3 Å². The molecule has 28 heavy (non-hydrogen) atoms. The molecule has 0 saturated heterocycles. The molecular formula is C21H19FN4O2. The number of nitrogens with one attached hydrogen (secondary N) is 2. The topological polar surface area (TPSA) is 79.2 Å². The number of benzene rings is 2. The largest absolute Gasteiger partial charge is 0.290 e. The monoisotopic (exact) mass is 378 g/mol. The van der Waals surface area contributed by atoms with E-state index in [1.54, 1.807) is 6.92 Å². The van der Waals surface area contributed by atoms with Crippen LogP contribution in [0, 0.1) is 11.7 Å². The van der Waals surface area contributed by atoms with Gasteiger partial charge in [0.1, 0.15) is 5.82 Å². The molecule has 0 spiro atoms. The van der Waals surface area contributed by atoms with Crippen molar-refractivity contribution >= 4 is 11.6 Å². The van der Waals surface area contributed by atoms with E-state index in [2.05, 4.69) is 15.6 Å². The number of carbonyl (C=O) groups is 1. The van der Waals surface area contributed by atoms with Crippen LogP contribution in [0.25, 0.3) is 16.9 Å². The normalized spacial score (nSPS) is 14.1. The Hall–Kier alpha value is -3.48. The lowest BCUT2D eigenvalue weighted by Crippen LogP contribution is -2.24. The van der Waals surface area contributed by atoms with Gasteiger partial charge in [0.25, 0.3) is 5.56 Å². The predicted molar refractivity (Wildman–Crippen MR) is 105 cm³/mol. The number of halogens is 1. The van der Waals surface area contributed by atoms with Crippen molar-refractivity contribution in [2.24, 2.45) is 11.0 Å². The van der Waals surface area contributed by atoms with Gasteiger partial charge >= 0.3 is 0 Å². The number of hydrogen-bond acceptors (Lipinski definition) is 3. The number of H-pyrrole nitrogens is 1. The molecule has 1 amide bonds. The first-order valence-corrected chi connectivity index (χ1v) is 9.05. The molecule has 1 fully saturated rings. The van der Waals surface area contributed by atoms with E-state index in [4.69, 9.17) is 0 Å². The second kappa shape index (κ2) is 7.26. The molecule has 0 radical (unpaired) electrons. The van der Waals surface area contributed by atoms with Gasteiger partial charge in [-0.3, -0.25) is 14.7 Å². The smallest absolute Gasteiger partial charge is 0.281 e. The second-order valence-corrected chi connectivity index (χ2v) is 6.79. The number of aromatic amines is 1. The van der Waals surface area contributed by atoms with E-state index in [9.17, 15) is 14.0 Å². The fraction of sp³-hybridized carbons (Fsp3) is 0.190. The third kappa shape index (κ3) is 3.51. The molecule has 7 heteroatoms. The quantitative estimate of drug-likeness (QED) is 0.528. The molecule has 1 heterocycles. The Morgan fingerprint density at radius 2 is 1.82 bits per heavy atom. The molecule has 0 aliphatic heterocycles. The fourth-order valence-corrected chi connectivity index (χ4v) is 2.99. The lowest BCUT2D eigenvalue weighted by atomic mass is 10.1. The molecule has 1 aliphatic carbocycles. The summed E-state index contributed by atoms with van der Waals surface area (Å²) >= 11 is 0. The highest BCUT2D eigenvalue weighted by atomic mass is 19.1. The maximum absolute atomic E-state index is 13.3. The summed E-state index contributed by atoms with van der Waals surface area (Å²) in [6.07, 6.45) is 1.74. The molecule has 0 atom stereocenters. The van der Waals surface area contributed by atoms with Crippen LogP contribution in [0.1, 0.15) is 25.3 Å². The molecule has 2 aromatic carbocycles. The van der Waals surface area contributed by atoms with Gasteiger partial charge in [0, 0.05) is 11.5 Å². The average Bonchev–Trinajstić information content (AvgIpc) is 3.50. The molecule has 0 bridgehead atoms. The lowest BCUT2D eigenvalue weighted by Gasteiger charge is -2.03.